The summed E-state index contributed by atoms with van der Waals surface area (Å²) in [4.78, 5) is 9.41. The van der Waals surface area contributed by atoms with Crippen LogP contribution in [0.1, 0.15) is 24.0 Å². The number of halogens is 1. The van der Waals surface area contributed by atoms with E-state index in [0.29, 0.717) is 29.6 Å². The van der Waals surface area contributed by atoms with Crippen LogP contribution in [0.3, 0.4) is 0 Å². The number of nitrogens with zero attached hydrogens (tertiary/aromatic N) is 3. The van der Waals surface area contributed by atoms with Gasteiger partial charge in [0.15, 0.2) is 0 Å². The lowest BCUT2D eigenvalue weighted by molar-refractivity contribution is 0.0666. The van der Waals surface area contributed by atoms with Crippen LogP contribution in [0.4, 0.5) is 0 Å². The minimum Gasteiger partial charge on any atom is -0.495 e. The Hall–Kier alpha value is -2.41. The topological polar surface area (TPSA) is 69.4 Å². The van der Waals surface area contributed by atoms with Gasteiger partial charge in [0.05, 0.1) is 49.4 Å². The Morgan fingerprint density at radius 3 is 2.83 bits per heavy atom. The van der Waals surface area contributed by atoms with Gasteiger partial charge in [-0.1, -0.05) is 11.6 Å². The van der Waals surface area contributed by atoms with Crippen molar-refractivity contribution >= 4 is 11.6 Å². The molecule has 0 fully saturated rings. The van der Waals surface area contributed by atoms with E-state index in [0.717, 1.165) is 40.5 Å². The van der Waals surface area contributed by atoms with Crippen molar-refractivity contribution in [2.24, 2.45) is 0 Å². The first-order chi connectivity index (χ1) is 14.0. The monoisotopic (exact) mass is 413 g/mol. The van der Waals surface area contributed by atoms with Crippen LogP contribution in [0, 0.1) is 6.92 Å². The summed E-state index contributed by atoms with van der Waals surface area (Å²) in [6.07, 6.45) is 0.839. The number of hydrogen-bond acceptors (Lipinski definition) is 5. The van der Waals surface area contributed by atoms with Crippen molar-refractivity contribution in [2.45, 2.75) is 39.5 Å². The molecule has 1 atom stereocenters. The molecule has 3 aromatic rings. The van der Waals surface area contributed by atoms with Gasteiger partial charge >= 0.3 is 0 Å². The molecule has 1 aliphatic heterocycles. The molecule has 0 spiro atoms. The van der Waals surface area contributed by atoms with Crippen LogP contribution in [0.2, 0.25) is 5.02 Å². The molecule has 2 aromatic heterocycles. The average Bonchev–Trinajstić information content (AvgIpc) is 2.94. The minimum absolute atomic E-state index is 0.0819. The van der Waals surface area contributed by atoms with E-state index in [9.17, 15) is 5.11 Å². The molecule has 0 saturated carbocycles. The lowest BCUT2D eigenvalue weighted by atomic mass is 10.1. The molecule has 0 amide bonds. The van der Waals surface area contributed by atoms with Crippen LogP contribution >= 0.6 is 11.6 Å². The van der Waals surface area contributed by atoms with Gasteiger partial charge < -0.3 is 19.1 Å². The highest BCUT2D eigenvalue weighted by Crippen LogP contribution is 2.35. The zero-order valence-corrected chi connectivity index (χ0v) is 17.5. The number of imidazole rings is 1. The zero-order chi connectivity index (χ0) is 20.5. The molecule has 7 heteroatoms. The average molecular weight is 414 g/mol. The molecule has 0 radical (unpaired) electrons. The molecule has 4 rings (SSSR count). The van der Waals surface area contributed by atoms with Gasteiger partial charge in [-0.25, -0.2) is 4.98 Å². The number of fused-ring (bicyclic) bond motifs is 1. The maximum Gasteiger partial charge on any atom is 0.141 e. The van der Waals surface area contributed by atoms with Crippen molar-refractivity contribution in [1.82, 2.24) is 14.5 Å². The molecule has 0 bridgehead atoms. The Balaban J connectivity index is 1.92. The number of aromatic nitrogens is 3. The van der Waals surface area contributed by atoms with Gasteiger partial charge in [-0.3, -0.25) is 4.98 Å². The number of pyridine rings is 1. The van der Waals surface area contributed by atoms with Gasteiger partial charge in [-0.15, -0.1) is 0 Å². The standard InChI is InChI=1S/C22H24ClN3O3/c1-13-8-16(9-17(12-27)24-13)21-19-6-7-29-14(2)11-26(19)22(25-21)15-4-5-18(23)20(10-15)28-3/h4-5,8-10,14,27H,6-7,11-12H2,1-3H3/t14-/m1/s1. The smallest absolute Gasteiger partial charge is 0.141 e. The number of benzene rings is 1. The maximum atomic E-state index is 9.58. The number of methoxy groups -OCH3 is 1. The SMILES string of the molecule is COc1cc(-c2nc(-c3cc(C)nc(CO)c3)c3n2C[C@@H](C)OCC3)ccc1Cl. The summed E-state index contributed by atoms with van der Waals surface area (Å²) in [7, 11) is 1.61. The predicted octanol–water partition coefficient (Wildman–Crippen LogP) is 4.04. The first-order valence-corrected chi connectivity index (χ1v) is 10.0. The van der Waals surface area contributed by atoms with Crippen LogP contribution < -0.4 is 4.74 Å². The first kappa shape index (κ1) is 19.9. The second kappa shape index (κ2) is 8.14. The fraction of sp³-hybridized carbons (Fsp3) is 0.364. The van der Waals surface area contributed by atoms with Crippen molar-refractivity contribution in [3.8, 4) is 28.4 Å². The fourth-order valence-corrected chi connectivity index (χ4v) is 4.00. The molecular weight excluding hydrogens is 390 g/mol. The summed E-state index contributed by atoms with van der Waals surface area (Å²) < 4.78 is 13.5. The van der Waals surface area contributed by atoms with E-state index in [1.165, 1.54) is 0 Å². The highest BCUT2D eigenvalue weighted by atomic mass is 35.5. The zero-order valence-electron chi connectivity index (χ0n) is 16.8. The van der Waals surface area contributed by atoms with Crippen molar-refractivity contribution in [3.63, 3.8) is 0 Å². The maximum absolute atomic E-state index is 9.58. The highest BCUT2D eigenvalue weighted by Gasteiger charge is 2.24. The Labute approximate surface area is 175 Å². The third kappa shape index (κ3) is 3.88. The molecular formula is C22H24ClN3O3. The van der Waals surface area contributed by atoms with Crippen molar-refractivity contribution < 1.29 is 14.6 Å². The lowest BCUT2D eigenvalue weighted by Gasteiger charge is -2.13. The summed E-state index contributed by atoms with van der Waals surface area (Å²) in [6.45, 7) is 5.24. The second-order valence-corrected chi connectivity index (χ2v) is 7.68. The summed E-state index contributed by atoms with van der Waals surface area (Å²) in [5.74, 6) is 1.46. The van der Waals surface area contributed by atoms with E-state index in [2.05, 4.69) is 16.5 Å². The van der Waals surface area contributed by atoms with Gasteiger partial charge in [0, 0.05) is 28.9 Å². The number of aliphatic hydroxyl groups is 1. The quantitative estimate of drug-likeness (QED) is 0.699. The third-order valence-corrected chi connectivity index (χ3v) is 5.42. The van der Waals surface area contributed by atoms with E-state index in [4.69, 9.17) is 26.1 Å². The van der Waals surface area contributed by atoms with E-state index < -0.39 is 0 Å². The summed E-state index contributed by atoms with van der Waals surface area (Å²) >= 11 is 6.23. The largest absolute Gasteiger partial charge is 0.495 e. The van der Waals surface area contributed by atoms with Crippen LogP contribution in [-0.4, -0.2) is 39.5 Å². The molecule has 1 aliphatic rings. The number of rotatable bonds is 4. The van der Waals surface area contributed by atoms with Gasteiger partial charge in [0.25, 0.3) is 0 Å². The minimum atomic E-state index is -0.105. The van der Waals surface area contributed by atoms with Crippen molar-refractivity contribution in [2.75, 3.05) is 13.7 Å². The van der Waals surface area contributed by atoms with E-state index in [-0.39, 0.29) is 12.7 Å². The van der Waals surface area contributed by atoms with Crippen LogP contribution in [0.15, 0.2) is 30.3 Å². The van der Waals surface area contributed by atoms with Crippen LogP contribution in [0.25, 0.3) is 22.6 Å². The molecule has 1 aromatic carbocycles. The predicted molar refractivity (Wildman–Crippen MR) is 112 cm³/mol. The molecule has 152 valence electrons. The molecule has 6 nitrogen and oxygen atoms in total. The van der Waals surface area contributed by atoms with E-state index in [1.54, 1.807) is 7.11 Å². The van der Waals surface area contributed by atoms with Gasteiger partial charge in [0.2, 0.25) is 0 Å². The van der Waals surface area contributed by atoms with Crippen LogP contribution in [-0.2, 0) is 24.3 Å². The Morgan fingerprint density at radius 2 is 2.07 bits per heavy atom. The molecule has 0 aliphatic carbocycles. The first-order valence-electron chi connectivity index (χ1n) is 9.64. The fourth-order valence-electron chi connectivity index (χ4n) is 3.81. The van der Waals surface area contributed by atoms with Gasteiger partial charge in [-0.05, 0) is 44.2 Å². The third-order valence-electron chi connectivity index (χ3n) is 5.10. The molecule has 29 heavy (non-hydrogen) atoms. The van der Waals surface area contributed by atoms with E-state index in [1.807, 2.05) is 37.3 Å². The Kier molecular flexibility index (Phi) is 5.58. The molecule has 1 N–H and O–H groups in total. The Morgan fingerprint density at radius 1 is 1.24 bits per heavy atom. The number of aryl methyl sites for hydroxylation is 1. The number of aliphatic hydroxyl groups excluding tert-OH is 1. The number of hydrogen-bond donors (Lipinski definition) is 1. The lowest BCUT2D eigenvalue weighted by Crippen LogP contribution is -2.15. The Bertz CT molecular complexity index is 1050. The summed E-state index contributed by atoms with van der Waals surface area (Å²) in [5.41, 5.74) is 5.38. The second-order valence-electron chi connectivity index (χ2n) is 7.27. The molecule has 0 saturated heterocycles. The van der Waals surface area contributed by atoms with Crippen LogP contribution in [0.5, 0.6) is 5.75 Å². The van der Waals surface area contributed by atoms with Crippen molar-refractivity contribution in [1.29, 1.82) is 0 Å². The van der Waals surface area contributed by atoms with E-state index >= 15 is 0 Å². The molecule has 0 unspecified atom stereocenters. The highest BCUT2D eigenvalue weighted by molar-refractivity contribution is 6.32. The summed E-state index contributed by atoms with van der Waals surface area (Å²) in [5, 5.41) is 10.1. The summed E-state index contributed by atoms with van der Waals surface area (Å²) in [6, 6.07) is 9.60. The van der Waals surface area contributed by atoms with Crippen molar-refractivity contribution in [3.05, 3.63) is 52.4 Å². The number of ether oxygens (including phenoxy) is 2. The van der Waals surface area contributed by atoms with Gasteiger partial charge in [0.1, 0.15) is 11.6 Å². The molecule has 3 heterocycles. The van der Waals surface area contributed by atoms with Gasteiger partial charge in [-0.2, -0.15) is 0 Å². The normalized spacial score (nSPS) is 16.4.